The molecule has 0 unspecified atom stereocenters. The number of rotatable bonds is 2. The van der Waals surface area contributed by atoms with E-state index < -0.39 is 5.97 Å². The van der Waals surface area contributed by atoms with E-state index in [0.717, 1.165) is 60.5 Å². The molecule has 0 bridgehead atoms. The lowest BCUT2D eigenvalue weighted by Gasteiger charge is -2.22. The number of imidazole rings is 1. The van der Waals surface area contributed by atoms with Crippen LogP contribution in [0, 0.1) is 6.92 Å². The Morgan fingerprint density at radius 2 is 1.83 bits per heavy atom. The van der Waals surface area contributed by atoms with Crippen LogP contribution < -0.4 is 4.90 Å². The molecule has 0 amide bonds. The molecule has 1 aliphatic rings. The van der Waals surface area contributed by atoms with Gasteiger partial charge in [0.2, 0.25) is 0 Å². The molecule has 1 N–H and O–H groups in total. The van der Waals surface area contributed by atoms with Crippen LogP contribution >= 0.6 is 0 Å². The highest BCUT2D eigenvalue weighted by atomic mass is 16.4. The van der Waals surface area contributed by atoms with Gasteiger partial charge in [0, 0.05) is 25.0 Å². The number of aryl methyl sites for hydroxylation is 1. The van der Waals surface area contributed by atoms with Crippen LogP contribution in [0.25, 0.3) is 27.7 Å². The molecule has 0 spiro atoms. The van der Waals surface area contributed by atoms with Crippen molar-refractivity contribution in [2.24, 2.45) is 0 Å². The molecule has 5 rings (SSSR count). The summed E-state index contributed by atoms with van der Waals surface area (Å²) in [6.45, 7) is 5.81. The average Bonchev–Trinajstić information content (AvgIpc) is 2.95. The maximum Gasteiger partial charge on any atom is 0.339 e. The number of carboxylic acid groups (broad SMARTS) is 1. The molecule has 1 aromatic carbocycles. The highest BCUT2D eigenvalue weighted by molar-refractivity contribution is 6.04. The van der Waals surface area contributed by atoms with Crippen LogP contribution in [0.1, 0.15) is 22.3 Å². The van der Waals surface area contributed by atoms with E-state index in [1.807, 2.05) is 47.7 Å². The van der Waals surface area contributed by atoms with E-state index in [2.05, 4.69) is 21.8 Å². The molecule has 0 aliphatic carbocycles. The maximum atomic E-state index is 12.1. The summed E-state index contributed by atoms with van der Waals surface area (Å²) < 4.78 is 1.90. The molecule has 4 aromatic rings. The largest absolute Gasteiger partial charge is 0.478 e. The zero-order valence-corrected chi connectivity index (χ0v) is 16.6. The van der Waals surface area contributed by atoms with Gasteiger partial charge in [-0.3, -0.25) is 4.40 Å². The van der Waals surface area contributed by atoms with Crippen molar-refractivity contribution in [3.8, 4) is 0 Å². The third-order valence-electron chi connectivity index (χ3n) is 5.89. The smallest absolute Gasteiger partial charge is 0.339 e. The van der Waals surface area contributed by atoms with Gasteiger partial charge in [-0.05, 0) is 56.8 Å². The molecule has 4 heterocycles. The van der Waals surface area contributed by atoms with E-state index >= 15 is 0 Å². The van der Waals surface area contributed by atoms with Crippen LogP contribution in [0.15, 0.2) is 36.4 Å². The number of benzene rings is 1. The molecule has 1 saturated heterocycles. The first-order valence-corrected chi connectivity index (χ1v) is 9.92. The van der Waals surface area contributed by atoms with Gasteiger partial charge in [-0.2, -0.15) is 0 Å². The summed E-state index contributed by atoms with van der Waals surface area (Å²) in [4.78, 5) is 26.4. The summed E-state index contributed by atoms with van der Waals surface area (Å²) in [5.41, 5.74) is 3.78. The third-order valence-corrected chi connectivity index (χ3v) is 5.89. The molecule has 1 fully saturated rings. The van der Waals surface area contributed by atoms with E-state index in [-0.39, 0.29) is 5.56 Å². The quantitative estimate of drug-likeness (QED) is 0.568. The minimum absolute atomic E-state index is 0.236. The van der Waals surface area contributed by atoms with E-state index in [1.54, 1.807) is 0 Å². The fourth-order valence-electron chi connectivity index (χ4n) is 4.32. The molecular weight excluding hydrogens is 366 g/mol. The van der Waals surface area contributed by atoms with Gasteiger partial charge >= 0.3 is 5.97 Å². The topological polar surface area (TPSA) is 74.0 Å². The molecule has 0 saturated carbocycles. The number of fused-ring (bicyclic) bond motifs is 5. The lowest BCUT2D eigenvalue weighted by molar-refractivity contribution is 0.0698. The zero-order chi connectivity index (χ0) is 20.1. The van der Waals surface area contributed by atoms with Gasteiger partial charge < -0.3 is 14.9 Å². The number of carbonyl (C=O) groups is 1. The SMILES string of the molecule is Cc1c(C(=O)O)c2nc3ccccc3n2c2nc(N3CCCN(C)CC3)ccc12. The molecule has 29 heavy (non-hydrogen) atoms. The Hall–Kier alpha value is -3.19. The molecule has 0 atom stereocenters. The second kappa shape index (κ2) is 6.70. The van der Waals surface area contributed by atoms with Crippen molar-refractivity contribution in [3.63, 3.8) is 0 Å². The first kappa shape index (κ1) is 17.9. The van der Waals surface area contributed by atoms with Crippen molar-refractivity contribution in [1.29, 1.82) is 0 Å². The number of hydrogen-bond acceptors (Lipinski definition) is 5. The summed E-state index contributed by atoms with van der Waals surface area (Å²) in [6, 6.07) is 11.7. The first-order chi connectivity index (χ1) is 14.0. The van der Waals surface area contributed by atoms with E-state index in [1.165, 1.54) is 0 Å². The number of likely N-dealkylation sites (N-methyl/N-ethyl adjacent to an activating group) is 1. The third kappa shape index (κ3) is 2.81. The van der Waals surface area contributed by atoms with Crippen molar-refractivity contribution in [2.75, 3.05) is 38.1 Å². The number of pyridine rings is 2. The number of nitrogens with zero attached hydrogens (tertiary/aromatic N) is 5. The second-order valence-corrected chi connectivity index (χ2v) is 7.75. The van der Waals surface area contributed by atoms with Gasteiger partial charge in [0.05, 0.1) is 11.0 Å². The number of anilines is 1. The lowest BCUT2D eigenvalue weighted by atomic mass is 10.1. The van der Waals surface area contributed by atoms with Gasteiger partial charge in [-0.1, -0.05) is 12.1 Å². The monoisotopic (exact) mass is 389 g/mol. The summed E-state index contributed by atoms with van der Waals surface area (Å²) >= 11 is 0. The summed E-state index contributed by atoms with van der Waals surface area (Å²) in [5.74, 6) is -0.0429. The molecule has 3 aromatic heterocycles. The van der Waals surface area contributed by atoms with Gasteiger partial charge in [0.1, 0.15) is 17.0 Å². The van der Waals surface area contributed by atoms with Crippen molar-refractivity contribution >= 4 is 39.5 Å². The Labute approximate surface area is 168 Å². The Balaban J connectivity index is 1.81. The molecular formula is C22H23N5O2. The van der Waals surface area contributed by atoms with Gasteiger partial charge in [-0.15, -0.1) is 0 Å². The van der Waals surface area contributed by atoms with Gasteiger partial charge in [-0.25, -0.2) is 14.8 Å². The maximum absolute atomic E-state index is 12.1. The lowest BCUT2D eigenvalue weighted by Crippen LogP contribution is -2.29. The van der Waals surface area contributed by atoms with E-state index in [0.29, 0.717) is 11.2 Å². The van der Waals surface area contributed by atoms with Gasteiger partial charge in [0.15, 0.2) is 5.65 Å². The Bertz CT molecular complexity index is 1260. The van der Waals surface area contributed by atoms with Crippen LogP contribution in [-0.4, -0.2) is 63.6 Å². The van der Waals surface area contributed by atoms with Crippen LogP contribution in [-0.2, 0) is 0 Å². The van der Waals surface area contributed by atoms with Crippen LogP contribution in [0.4, 0.5) is 5.82 Å². The second-order valence-electron chi connectivity index (χ2n) is 7.75. The fourth-order valence-corrected chi connectivity index (χ4v) is 4.32. The number of hydrogen-bond donors (Lipinski definition) is 1. The first-order valence-electron chi connectivity index (χ1n) is 9.92. The fraction of sp³-hybridized carbons (Fsp3) is 0.318. The van der Waals surface area contributed by atoms with Crippen molar-refractivity contribution in [1.82, 2.24) is 19.3 Å². The number of aromatic nitrogens is 3. The standard InChI is InChI=1S/C22H23N5O2/c1-14-15-8-9-18(26-11-5-10-25(2)12-13-26)24-20(15)27-17-7-4-3-6-16(17)23-21(27)19(14)22(28)29/h3-4,6-9H,5,10-13H2,1-2H3,(H,28,29). The molecule has 7 heteroatoms. The van der Waals surface area contributed by atoms with Crippen LogP contribution in [0.5, 0.6) is 0 Å². The van der Waals surface area contributed by atoms with Crippen molar-refractivity contribution in [3.05, 3.63) is 47.5 Å². The number of carboxylic acids is 1. The average molecular weight is 389 g/mol. The predicted molar refractivity (Wildman–Crippen MR) is 114 cm³/mol. The minimum atomic E-state index is -0.968. The number of para-hydroxylation sites is 2. The predicted octanol–water partition coefficient (Wildman–Crippen LogP) is 3.18. The van der Waals surface area contributed by atoms with E-state index in [4.69, 9.17) is 4.98 Å². The zero-order valence-electron chi connectivity index (χ0n) is 16.6. The highest BCUT2D eigenvalue weighted by Gasteiger charge is 2.22. The van der Waals surface area contributed by atoms with Crippen molar-refractivity contribution in [2.45, 2.75) is 13.3 Å². The highest BCUT2D eigenvalue weighted by Crippen LogP contribution is 2.30. The van der Waals surface area contributed by atoms with E-state index in [9.17, 15) is 9.90 Å². The van der Waals surface area contributed by atoms with Crippen LogP contribution in [0.3, 0.4) is 0 Å². The summed E-state index contributed by atoms with van der Waals surface area (Å²) in [7, 11) is 2.15. The van der Waals surface area contributed by atoms with Crippen molar-refractivity contribution < 1.29 is 9.90 Å². The Morgan fingerprint density at radius 3 is 2.66 bits per heavy atom. The number of aromatic carboxylic acids is 1. The minimum Gasteiger partial charge on any atom is -0.478 e. The molecule has 0 radical (unpaired) electrons. The summed E-state index contributed by atoms with van der Waals surface area (Å²) in [6.07, 6.45) is 1.09. The Kier molecular flexibility index (Phi) is 4.13. The van der Waals surface area contributed by atoms with Gasteiger partial charge in [0.25, 0.3) is 0 Å². The normalized spacial score (nSPS) is 16.0. The summed E-state index contributed by atoms with van der Waals surface area (Å²) in [5, 5.41) is 10.7. The molecule has 7 nitrogen and oxygen atoms in total. The Morgan fingerprint density at radius 1 is 1.00 bits per heavy atom. The van der Waals surface area contributed by atoms with Crippen LogP contribution in [0.2, 0.25) is 0 Å². The molecule has 1 aliphatic heterocycles. The molecule has 148 valence electrons.